The highest BCUT2D eigenvalue weighted by molar-refractivity contribution is 7.22. The maximum absolute atomic E-state index is 9.88. The fraction of sp³-hybridized carbons (Fsp3) is 0.0833. The number of hydrogen-bond donors (Lipinski definition) is 1. The first kappa shape index (κ1) is 18.1. The number of benzene rings is 3. The summed E-state index contributed by atoms with van der Waals surface area (Å²) in [5.74, 6) is 2.62. The minimum Gasteiger partial charge on any atom is -0.508 e. The molecule has 0 bridgehead atoms. The minimum atomic E-state index is 0.246. The van der Waals surface area contributed by atoms with Crippen LogP contribution in [0, 0.1) is 0 Å². The monoisotopic (exact) mass is 388 g/mol. The van der Waals surface area contributed by atoms with Crippen LogP contribution in [0.1, 0.15) is 5.56 Å². The molecule has 1 heterocycles. The van der Waals surface area contributed by atoms with Gasteiger partial charge >= 0.3 is 0 Å². The van der Waals surface area contributed by atoms with Crippen molar-refractivity contribution in [3.05, 3.63) is 84.9 Å². The van der Waals surface area contributed by atoms with E-state index >= 15 is 0 Å². The molecule has 0 fully saturated rings. The molecule has 3 aromatic carbocycles. The number of methoxy groups -OCH3 is 1. The van der Waals surface area contributed by atoms with Crippen molar-refractivity contribution in [2.45, 2.75) is 6.42 Å². The van der Waals surface area contributed by atoms with Gasteiger partial charge in [0.05, 0.1) is 12.0 Å². The van der Waals surface area contributed by atoms with Crippen molar-refractivity contribution in [2.75, 3.05) is 7.11 Å². The van der Waals surface area contributed by atoms with Gasteiger partial charge < -0.3 is 14.6 Å². The molecule has 0 amide bonds. The molecular formula is C24H20O3S. The summed E-state index contributed by atoms with van der Waals surface area (Å²) in [4.78, 5) is 1.01. The van der Waals surface area contributed by atoms with Crippen molar-refractivity contribution in [2.24, 2.45) is 0 Å². The summed E-state index contributed by atoms with van der Waals surface area (Å²) < 4.78 is 12.6. The number of phenols is 1. The highest BCUT2D eigenvalue weighted by atomic mass is 32.1. The third kappa shape index (κ3) is 3.59. The molecule has 0 atom stereocenters. The van der Waals surface area contributed by atoms with Crippen LogP contribution in [0.3, 0.4) is 0 Å². The van der Waals surface area contributed by atoms with Crippen LogP contribution in [0.25, 0.3) is 20.5 Å². The Morgan fingerprint density at radius 1 is 0.964 bits per heavy atom. The number of allylic oxidation sites excluding steroid dienone is 1. The van der Waals surface area contributed by atoms with Gasteiger partial charge in [-0.1, -0.05) is 18.2 Å². The number of rotatable bonds is 6. The van der Waals surface area contributed by atoms with Crippen molar-refractivity contribution in [3.63, 3.8) is 0 Å². The molecular weight excluding hydrogens is 368 g/mol. The third-order valence-corrected chi connectivity index (χ3v) is 5.69. The topological polar surface area (TPSA) is 38.7 Å². The van der Waals surface area contributed by atoms with Crippen molar-refractivity contribution in [3.8, 4) is 33.4 Å². The first-order valence-corrected chi connectivity index (χ1v) is 9.77. The van der Waals surface area contributed by atoms with Crippen LogP contribution in [0.4, 0.5) is 0 Å². The van der Waals surface area contributed by atoms with Crippen molar-refractivity contribution in [1.82, 2.24) is 0 Å². The molecule has 0 aliphatic heterocycles. The normalized spacial score (nSPS) is 10.8. The molecule has 0 saturated heterocycles. The van der Waals surface area contributed by atoms with Gasteiger partial charge in [0.1, 0.15) is 17.2 Å². The molecule has 1 N–H and O–H groups in total. The van der Waals surface area contributed by atoms with Gasteiger partial charge in [-0.15, -0.1) is 17.9 Å². The first-order chi connectivity index (χ1) is 13.7. The second kappa shape index (κ2) is 7.79. The molecule has 0 radical (unpaired) electrons. The summed E-state index contributed by atoms with van der Waals surface area (Å²) >= 11 is 1.60. The summed E-state index contributed by atoms with van der Waals surface area (Å²) in [7, 11) is 1.65. The van der Waals surface area contributed by atoms with E-state index in [0.29, 0.717) is 0 Å². The Labute approximate surface area is 168 Å². The summed E-state index contributed by atoms with van der Waals surface area (Å²) in [6.07, 6.45) is 2.72. The van der Waals surface area contributed by atoms with E-state index in [1.54, 1.807) is 30.6 Å². The molecule has 140 valence electrons. The Morgan fingerprint density at radius 3 is 2.36 bits per heavy atom. The molecule has 0 aliphatic rings. The Kier molecular flexibility index (Phi) is 5.04. The van der Waals surface area contributed by atoms with Crippen LogP contribution in [-0.4, -0.2) is 12.2 Å². The Balaban J connectivity index is 1.79. The maximum atomic E-state index is 9.88. The molecule has 4 heteroatoms. The largest absolute Gasteiger partial charge is 0.508 e. The Hall–Kier alpha value is -3.24. The molecule has 0 spiro atoms. The fourth-order valence-corrected chi connectivity index (χ4v) is 4.24. The molecule has 1 aromatic heterocycles. The summed E-state index contributed by atoms with van der Waals surface area (Å²) in [5, 5.41) is 10.9. The van der Waals surface area contributed by atoms with Crippen molar-refractivity contribution < 1.29 is 14.6 Å². The van der Waals surface area contributed by atoms with Gasteiger partial charge in [0.25, 0.3) is 0 Å². The van der Waals surface area contributed by atoms with Gasteiger partial charge in [0, 0.05) is 10.1 Å². The number of thiophene rings is 1. The van der Waals surface area contributed by atoms with E-state index in [-0.39, 0.29) is 5.75 Å². The zero-order valence-corrected chi connectivity index (χ0v) is 16.3. The van der Waals surface area contributed by atoms with E-state index in [0.717, 1.165) is 44.2 Å². The summed E-state index contributed by atoms with van der Waals surface area (Å²) in [6.45, 7) is 3.78. The second-order valence-electron chi connectivity index (χ2n) is 6.41. The predicted molar refractivity (Wildman–Crippen MR) is 116 cm³/mol. The van der Waals surface area contributed by atoms with E-state index in [9.17, 15) is 5.11 Å². The zero-order valence-electron chi connectivity index (χ0n) is 15.5. The van der Waals surface area contributed by atoms with Gasteiger partial charge in [-0.3, -0.25) is 0 Å². The summed E-state index contributed by atoms with van der Waals surface area (Å²) in [5.41, 5.74) is 2.23. The van der Waals surface area contributed by atoms with Gasteiger partial charge in [0.15, 0.2) is 5.75 Å². The van der Waals surface area contributed by atoms with Gasteiger partial charge in [-0.2, -0.15) is 0 Å². The fourth-order valence-electron chi connectivity index (χ4n) is 3.07. The lowest BCUT2D eigenvalue weighted by molar-refractivity contribution is 0.415. The lowest BCUT2D eigenvalue weighted by Crippen LogP contribution is -1.87. The number of fused-ring (bicyclic) bond motifs is 1. The maximum Gasteiger partial charge on any atom is 0.153 e. The lowest BCUT2D eigenvalue weighted by Gasteiger charge is -2.09. The SMILES string of the molecule is C=CCc1ccc(Oc2c(-c3ccc(OC)cc3)sc3cc(O)ccc23)cc1. The van der Waals surface area contributed by atoms with Gasteiger partial charge in [-0.05, 0) is 72.1 Å². The lowest BCUT2D eigenvalue weighted by atomic mass is 10.1. The Morgan fingerprint density at radius 2 is 1.68 bits per heavy atom. The molecule has 4 aromatic rings. The van der Waals surface area contributed by atoms with Crippen LogP contribution in [-0.2, 0) is 6.42 Å². The molecule has 3 nitrogen and oxygen atoms in total. The summed E-state index contributed by atoms with van der Waals surface area (Å²) in [6, 6.07) is 21.3. The highest BCUT2D eigenvalue weighted by Crippen LogP contribution is 2.47. The van der Waals surface area contributed by atoms with Crippen LogP contribution in [0.15, 0.2) is 79.4 Å². The average molecular weight is 388 g/mol. The van der Waals surface area contributed by atoms with Crippen LogP contribution in [0.2, 0.25) is 0 Å². The number of phenolic OH excluding ortho intramolecular Hbond substituents is 1. The molecule has 28 heavy (non-hydrogen) atoms. The second-order valence-corrected chi connectivity index (χ2v) is 7.46. The van der Waals surface area contributed by atoms with E-state index in [2.05, 4.69) is 6.58 Å². The standard InChI is InChI=1S/C24H20O3S/c1-3-4-16-5-10-20(11-6-16)27-23-21-14-9-18(25)15-22(21)28-24(23)17-7-12-19(26-2)13-8-17/h3,5-15,25H,1,4H2,2H3. The smallest absolute Gasteiger partial charge is 0.153 e. The van der Waals surface area contributed by atoms with E-state index in [1.165, 1.54) is 5.56 Å². The third-order valence-electron chi connectivity index (χ3n) is 4.50. The van der Waals surface area contributed by atoms with Gasteiger partial charge in [0.2, 0.25) is 0 Å². The predicted octanol–water partition coefficient (Wildman–Crippen LogP) is 6.80. The Bertz CT molecular complexity index is 1110. The first-order valence-electron chi connectivity index (χ1n) is 8.95. The minimum absolute atomic E-state index is 0.246. The van der Waals surface area contributed by atoms with Crippen LogP contribution >= 0.6 is 11.3 Å². The van der Waals surface area contributed by atoms with E-state index in [4.69, 9.17) is 9.47 Å². The average Bonchev–Trinajstić information content (AvgIpc) is 3.07. The highest BCUT2D eigenvalue weighted by Gasteiger charge is 2.17. The number of ether oxygens (including phenoxy) is 2. The number of aromatic hydroxyl groups is 1. The van der Waals surface area contributed by atoms with Crippen molar-refractivity contribution in [1.29, 1.82) is 0 Å². The number of hydrogen-bond acceptors (Lipinski definition) is 4. The van der Waals surface area contributed by atoms with Crippen LogP contribution in [0.5, 0.6) is 23.0 Å². The van der Waals surface area contributed by atoms with Crippen LogP contribution < -0.4 is 9.47 Å². The molecule has 4 rings (SSSR count). The quantitative estimate of drug-likeness (QED) is 0.369. The van der Waals surface area contributed by atoms with E-state index in [1.807, 2.05) is 60.7 Å². The zero-order chi connectivity index (χ0) is 19.5. The van der Waals surface area contributed by atoms with Gasteiger partial charge in [-0.25, -0.2) is 0 Å². The molecule has 0 saturated carbocycles. The molecule has 0 aliphatic carbocycles. The van der Waals surface area contributed by atoms with Crippen molar-refractivity contribution >= 4 is 21.4 Å². The molecule has 0 unspecified atom stereocenters. The van der Waals surface area contributed by atoms with E-state index < -0.39 is 0 Å².